The lowest BCUT2D eigenvalue weighted by atomic mass is 10.1. The van der Waals surface area contributed by atoms with Gasteiger partial charge < -0.3 is 5.32 Å². The molecular formula is C24H26N6O3S2. The predicted molar refractivity (Wildman–Crippen MR) is 136 cm³/mol. The number of carbonyl (C=O) groups is 1. The van der Waals surface area contributed by atoms with Crippen molar-refractivity contribution in [2.75, 3.05) is 15.8 Å². The number of carbonyl (C=O) groups excluding carboxylic acids is 1. The molecule has 0 saturated carbocycles. The number of aromatic nitrogens is 3. The highest BCUT2D eigenvalue weighted by molar-refractivity contribution is 7.99. The fourth-order valence-corrected chi connectivity index (χ4v) is 5.25. The maximum absolute atomic E-state index is 12.6. The quantitative estimate of drug-likeness (QED) is 0.430. The molecule has 0 unspecified atom stereocenters. The minimum Gasteiger partial charge on any atom is -0.326 e. The average molecular weight is 511 g/mol. The monoisotopic (exact) mass is 510 g/mol. The van der Waals surface area contributed by atoms with Crippen molar-refractivity contribution in [1.29, 1.82) is 5.26 Å². The molecule has 1 amide bonds. The summed E-state index contributed by atoms with van der Waals surface area (Å²) in [7, 11) is -3.88. The lowest BCUT2D eigenvalue weighted by Crippen LogP contribution is -2.16. The number of aryl methyl sites for hydroxylation is 3. The molecule has 0 radical (unpaired) electrons. The molecule has 2 N–H and O–H groups in total. The van der Waals surface area contributed by atoms with Crippen LogP contribution in [0.2, 0.25) is 0 Å². The van der Waals surface area contributed by atoms with E-state index in [-0.39, 0.29) is 23.2 Å². The lowest BCUT2D eigenvalue weighted by Gasteiger charge is -2.11. The number of sulfonamides is 1. The zero-order valence-corrected chi connectivity index (χ0v) is 21.8. The van der Waals surface area contributed by atoms with Gasteiger partial charge in [-0.15, -0.1) is 11.8 Å². The summed E-state index contributed by atoms with van der Waals surface area (Å²) in [6.07, 6.45) is 0.203. The number of anilines is 2. The van der Waals surface area contributed by atoms with Gasteiger partial charge in [-0.2, -0.15) is 5.26 Å². The Hall–Kier alpha value is -3.49. The topological polar surface area (TPSA) is 138 Å². The van der Waals surface area contributed by atoms with Gasteiger partial charge in [0.2, 0.25) is 11.9 Å². The van der Waals surface area contributed by atoms with Gasteiger partial charge in [-0.05, 0) is 76.1 Å². The normalized spacial score (nSPS) is 11.1. The fourth-order valence-electron chi connectivity index (χ4n) is 3.28. The zero-order valence-electron chi connectivity index (χ0n) is 20.1. The van der Waals surface area contributed by atoms with E-state index in [1.807, 2.05) is 20.8 Å². The molecule has 3 rings (SSSR count). The first kappa shape index (κ1) is 26.1. The number of amides is 1. The van der Waals surface area contributed by atoms with Crippen LogP contribution in [0.25, 0.3) is 0 Å². The van der Waals surface area contributed by atoms with Gasteiger partial charge in [-0.1, -0.05) is 0 Å². The van der Waals surface area contributed by atoms with E-state index in [1.165, 1.54) is 36.0 Å². The predicted octanol–water partition coefficient (Wildman–Crippen LogP) is 4.21. The Bertz CT molecular complexity index is 1390. The minimum atomic E-state index is -3.88. The molecule has 0 saturated heterocycles. The first-order chi connectivity index (χ1) is 16.5. The minimum absolute atomic E-state index is 0.00499. The molecule has 0 fully saturated rings. The van der Waals surface area contributed by atoms with Crippen molar-refractivity contribution in [1.82, 2.24) is 15.0 Å². The van der Waals surface area contributed by atoms with E-state index in [0.29, 0.717) is 33.4 Å². The third-order valence-electron chi connectivity index (χ3n) is 5.30. The van der Waals surface area contributed by atoms with E-state index in [2.05, 4.69) is 31.1 Å². The molecule has 0 aliphatic heterocycles. The molecule has 9 nitrogen and oxygen atoms in total. The fraction of sp³-hybridized carbons (Fsp3) is 0.292. The molecule has 2 aromatic heterocycles. The third kappa shape index (κ3) is 6.55. The highest BCUT2D eigenvalue weighted by Gasteiger charge is 2.17. The number of hydrogen-bond acceptors (Lipinski definition) is 8. The number of rotatable bonds is 8. The van der Waals surface area contributed by atoms with Gasteiger partial charge in [-0.3, -0.25) is 4.79 Å². The van der Waals surface area contributed by atoms with E-state index in [1.54, 1.807) is 19.9 Å². The molecule has 3 aromatic rings. The molecular weight excluding hydrogens is 484 g/mol. The maximum Gasteiger partial charge on any atom is 0.264 e. The lowest BCUT2D eigenvalue weighted by molar-refractivity contribution is -0.115. The highest BCUT2D eigenvalue weighted by Crippen LogP contribution is 2.27. The summed E-state index contributed by atoms with van der Waals surface area (Å²) in [5, 5.41) is 12.8. The van der Waals surface area contributed by atoms with Crippen LogP contribution in [0.1, 0.15) is 40.2 Å². The van der Waals surface area contributed by atoms with Crippen LogP contribution >= 0.6 is 11.8 Å². The molecule has 0 aliphatic carbocycles. The van der Waals surface area contributed by atoms with E-state index < -0.39 is 10.0 Å². The van der Waals surface area contributed by atoms with Gasteiger partial charge in [0, 0.05) is 34.9 Å². The van der Waals surface area contributed by atoms with Crippen molar-refractivity contribution in [3.63, 3.8) is 0 Å². The molecule has 2 heterocycles. The SMILES string of the molecule is Cc1cc(C)nc(NS(=O)(=O)c2ccc(NC(=O)CCSc3nc(C)c(C)c(C)c3C#N)cc2)n1. The van der Waals surface area contributed by atoms with Crippen LogP contribution in [-0.4, -0.2) is 35.0 Å². The largest absolute Gasteiger partial charge is 0.326 e. The zero-order chi connectivity index (χ0) is 25.8. The molecule has 0 aliphatic rings. The number of nitrogens with zero attached hydrogens (tertiary/aromatic N) is 4. The number of pyridine rings is 1. The van der Waals surface area contributed by atoms with Gasteiger partial charge in [0.05, 0.1) is 10.5 Å². The summed E-state index contributed by atoms with van der Waals surface area (Å²) in [6.45, 7) is 9.24. The summed E-state index contributed by atoms with van der Waals surface area (Å²) < 4.78 is 27.7. The maximum atomic E-state index is 12.6. The van der Waals surface area contributed by atoms with Gasteiger partial charge in [0.1, 0.15) is 11.1 Å². The summed E-state index contributed by atoms with van der Waals surface area (Å²) in [5.74, 6) is 0.223. The standard InChI is InChI=1S/C24H26N6O3S2/c1-14-12-15(2)27-24(26-14)30-35(32,33)20-8-6-19(7-9-20)29-22(31)10-11-34-23-21(13-25)17(4)16(3)18(5)28-23/h6-9,12H,10-11H2,1-5H3,(H,29,31)(H,26,27,30). The van der Waals surface area contributed by atoms with Crippen molar-refractivity contribution >= 4 is 39.3 Å². The van der Waals surface area contributed by atoms with E-state index in [0.717, 1.165) is 16.8 Å². The summed E-state index contributed by atoms with van der Waals surface area (Å²) >= 11 is 1.36. The van der Waals surface area contributed by atoms with Gasteiger partial charge in [0.15, 0.2) is 0 Å². The van der Waals surface area contributed by atoms with Gasteiger partial charge in [-0.25, -0.2) is 28.1 Å². The number of nitriles is 1. The molecule has 0 atom stereocenters. The number of benzene rings is 1. The second-order valence-electron chi connectivity index (χ2n) is 7.99. The van der Waals surface area contributed by atoms with Gasteiger partial charge in [0.25, 0.3) is 10.0 Å². The molecule has 0 spiro atoms. The third-order valence-corrected chi connectivity index (χ3v) is 7.62. The van der Waals surface area contributed by atoms with Crippen LogP contribution in [0.4, 0.5) is 11.6 Å². The number of nitrogens with one attached hydrogen (secondary N) is 2. The number of hydrogen-bond donors (Lipinski definition) is 2. The van der Waals surface area contributed by atoms with E-state index in [9.17, 15) is 18.5 Å². The molecule has 11 heteroatoms. The Morgan fingerprint density at radius 1 is 1.00 bits per heavy atom. The van der Waals surface area contributed by atoms with Crippen molar-refractivity contribution < 1.29 is 13.2 Å². The first-order valence-corrected chi connectivity index (χ1v) is 13.2. The van der Waals surface area contributed by atoms with Crippen LogP contribution in [0.3, 0.4) is 0 Å². The second kappa shape index (κ2) is 10.8. The Morgan fingerprint density at radius 3 is 2.23 bits per heavy atom. The summed E-state index contributed by atoms with van der Waals surface area (Å²) in [4.78, 5) is 25.1. The molecule has 182 valence electrons. The Kier molecular flexibility index (Phi) is 8.09. The van der Waals surface area contributed by atoms with Crippen molar-refractivity contribution in [3.8, 4) is 6.07 Å². The Balaban J connectivity index is 1.59. The van der Waals surface area contributed by atoms with Crippen LogP contribution < -0.4 is 10.0 Å². The van der Waals surface area contributed by atoms with Crippen molar-refractivity contribution in [2.45, 2.75) is 51.0 Å². The van der Waals surface area contributed by atoms with Crippen LogP contribution in [0, 0.1) is 45.9 Å². The van der Waals surface area contributed by atoms with Crippen molar-refractivity contribution in [2.24, 2.45) is 0 Å². The Morgan fingerprint density at radius 2 is 1.63 bits per heavy atom. The number of thioether (sulfide) groups is 1. The molecule has 35 heavy (non-hydrogen) atoms. The molecule has 1 aromatic carbocycles. The van der Waals surface area contributed by atoms with E-state index >= 15 is 0 Å². The van der Waals surface area contributed by atoms with Crippen LogP contribution in [0.15, 0.2) is 40.3 Å². The summed E-state index contributed by atoms with van der Waals surface area (Å²) in [5.41, 5.74) is 5.07. The van der Waals surface area contributed by atoms with E-state index in [4.69, 9.17) is 0 Å². The van der Waals surface area contributed by atoms with Crippen LogP contribution in [0.5, 0.6) is 0 Å². The Labute approximate surface area is 209 Å². The van der Waals surface area contributed by atoms with Crippen molar-refractivity contribution in [3.05, 3.63) is 64.1 Å². The first-order valence-electron chi connectivity index (χ1n) is 10.8. The average Bonchev–Trinajstić information content (AvgIpc) is 2.77. The summed E-state index contributed by atoms with van der Waals surface area (Å²) in [6, 6.07) is 9.78. The van der Waals surface area contributed by atoms with Gasteiger partial charge >= 0.3 is 0 Å². The smallest absolute Gasteiger partial charge is 0.264 e. The second-order valence-corrected chi connectivity index (χ2v) is 10.8. The van der Waals surface area contributed by atoms with Crippen LogP contribution in [-0.2, 0) is 14.8 Å². The molecule has 0 bridgehead atoms. The highest BCUT2D eigenvalue weighted by atomic mass is 32.2.